The minimum absolute atomic E-state index is 0.0701. The fourth-order valence-corrected chi connectivity index (χ4v) is 3.02. The molecule has 1 rings (SSSR count). The molecule has 1 atom stereocenters. The Bertz CT molecular complexity index is 532. The summed E-state index contributed by atoms with van der Waals surface area (Å²) in [6.07, 6.45) is 2.44. The van der Waals surface area contributed by atoms with Gasteiger partial charge in [0.05, 0.1) is 17.8 Å². The minimum Gasteiger partial charge on any atom is -0.469 e. The van der Waals surface area contributed by atoms with Gasteiger partial charge in [-0.25, -0.2) is 9.00 Å². The molecule has 1 amide bonds. The number of amides is 1. The Balaban J connectivity index is 2.76. The van der Waals surface area contributed by atoms with Crippen molar-refractivity contribution in [3.05, 3.63) is 0 Å². The van der Waals surface area contributed by atoms with Crippen LogP contribution in [0, 0.1) is 5.41 Å². The van der Waals surface area contributed by atoms with Crippen molar-refractivity contribution in [1.29, 1.82) is 0 Å². The number of hydrogen-bond acceptors (Lipinski definition) is 5. The summed E-state index contributed by atoms with van der Waals surface area (Å²) < 4.78 is 26.1. The SMILES string of the molecule is COC(=O)C1(CC=NS(=O)C(C)C)CCN(C(=O)OC(C)(C)C)CC1. The van der Waals surface area contributed by atoms with Crippen molar-refractivity contribution in [3.63, 3.8) is 0 Å². The quantitative estimate of drug-likeness (QED) is 0.545. The van der Waals surface area contributed by atoms with E-state index in [1.807, 2.05) is 34.6 Å². The fourth-order valence-electron chi connectivity index (χ4n) is 2.56. The fraction of sp³-hybridized carbons (Fsp3) is 0.824. The van der Waals surface area contributed by atoms with Crippen LogP contribution in [0.5, 0.6) is 0 Å². The van der Waals surface area contributed by atoms with Crippen LogP contribution in [-0.2, 0) is 25.3 Å². The van der Waals surface area contributed by atoms with Gasteiger partial charge in [0.2, 0.25) is 0 Å². The van der Waals surface area contributed by atoms with E-state index in [1.165, 1.54) is 7.11 Å². The van der Waals surface area contributed by atoms with Crippen molar-refractivity contribution in [2.75, 3.05) is 20.2 Å². The predicted octanol–water partition coefficient (Wildman–Crippen LogP) is 2.71. The van der Waals surface area contributed by atoms with Crippen molar-refractivity contribution in [2.24, 2.45) is 9.81 Å². The molecule has 8 heteroatoms. The molecule has 1 fully saturated rings. The zero-order chi connectivity index (χ0) is 19.3. The van der Waals surface area contributed by atoms with E-state index >= 15 is 0 Å². The highest BCUT2D eigenvalue weighted by atomic mass is 32.2. The standard InChI is InChI=1S/C17H30N2O5S/c1-13(2)25(22)18-10-7-17(14(20)23-6)8-11-19(12-9-17)15(21)24-16(3,4)5/h10,13H,7-9,11-12H2,1-6H3. The maximum absolute atomic E-state index is 12.3. The van der Waals surface area contributed by atoms with Gasteiger partial charge in [-0.05, 0) is 53.9 Å². The largest absolute Gasteiger partial charge is 0.469 e. The number of ether oxygens (including phenoxy) is 2. The Morgan fingerprint density at radius 1 is 1.28 bits per heavy atom. The van der Waals surface area contributed by atoms with Gasteiger partial charge in [-0.15, -0.1) is 0 Å². The molecule has 0 aromatic rings. The molecule has 0 bridgehead atoms. The summed E-state index contributed by atoms with van der Waals surface area (Å²) in [6, 6.07) is 0. The summed E-state index contributed by atoms with van der Waals surface area (Å²) in [5, 5.41) is -0.0701. The molecule has 7 nitrogen and oxygen atoms in total. The van der Waals surface area contributed by atoms with Gasteiger partial charge in [-0.3, -0.25) is 4.79 Å². The topological polar surface area (TPSA) is 85.3 Å². The third kappa shape index (κ3) is 6.41. The third-order valence-corrected chi connectivity index (χ3v) is 5.22. The molecule has 0 aromatic heterocycles. The van der Waals surface area contributed by atoms with E-state index in [0.717, 1.165) is 0 Å². The Kier molecular flexibility index (Phi) is 7.59. The van der Waals surface area contributed by atoms with E-state index in [4.69, 9.17) is 9.47 Å². The molecule has 0 aromatic carbocycles. The zero-order valence-electron chi connectivity index (χ0n) is 16.0. The highest BCUT2D eigenvalue weighted by molar-refractivity contribution is 7.84. The number of carbonyl (C=O) groups is 2. The lowest BCUT2D eigenvalue weighted by molar-refractivity contribution is -0.155. The Morgan fingerprint density at radius 2 is 1.84 bits per heavy atom. The molecular formula is C17H30N2O5S. The number of methoxy groups -OCH3 is 1. The van der Waals surface area contributed by atoms with E-state index in [1.54, 1.807) is 11.1 Å². The predicted molar refractivity (Wildman–Crippen MR) is 97.9 cm³/mol. The molecule has 1 unspecified atom stereocenters. The second kappa shape index (κ2) is 8.78. The monoisotopic (exact) mass is 374 g/mol. The molecule has 1 aliphatic heterocycles. The summed E-state index contributed by atoms with van der Waals surface area (Å²) in [6.45, 7) is 9.92. The number of esters is 1. The number of piperidine rings is 1. The number of rotatable bonds is 5. The third-order valence-electron chi connectivity index (χ3n) is 4.05. The first-order chi connectivity index (χ1) is 11.5. The van der Waals surface area contributed by atoms with Crippen LogP contribution >= 0.6 is 0 Å². The number of carbonyl (C=O) groups excluding carboxylic acids is 2. The van der Waals surface area contributed by atoms with E-state index in [9.17, 15) is 13.8 Å². The van der Waals surface area contributed by atoms with Crippen LogP contribution in [0.3, 0.4) is 0 Å². The van der Waals surface area contributed by atoms with E-state index in [-0.39, 0.29) is 17.3 Å². The van der Waals surface area contributed by atoms with Gasteiger partial charge < -0.3 is 14.4 Å². The summed E-state index contributed by atoms with van der Waals surface area (Å²) in [5.74, 6) is -0.321. The van der Waals surface area contributed by atoms with Gasteiger partial charge in [0.25, 0.3) is 0 Å². The number of likely N-dealkylation sites (tertiary alicyclic amines) is 1. The van der Waals surface area contributed by atoms with Crippen molar-refractivity contribution in [1.82, 2.24) is 4.90 Å². The van der Waals surface area contributed by atoms with Crippen LogP contribution in [0.4, 0.5) is 4.79 Å². The van der Waals surface area contributed by atoms with Crippen molar-refractivity contribution < 1.29 is 23.3 Å². The van der Waals surface area contributed by atoms with Gasteiger partial charge in [0, 0.05) is 19.3 Å². The van der Waals surface area contributed by atoms with Crippen molar-refractivity contribution in [3.8, 4) is 0 Å². The van der Waals surface area contributed by atoms with Crippen LogP contribution in [0.15, 0.2) is 4.40 Å². The molecule has 144 valence electrons. The molecule has 0 N–H and O–H groups in total. The van der Waals surface area contributed by atoms with Crippen molar-refractivity contribution >= 4 is 29.3 Å². The Hall–Kier alpha value is -1.44. The average Bonchev–Trinajstić information content (AvgIpc) is 2.52. The smallest absolute Gasteiger partial charge is 0.410 e. The molecule has 0 aliphatic carbocycles. The lowest BCUT2D eigenvalue weighted by Crippen LogP contribution is -2.48. The number of nitrogens with zero attached hydrogens (tertiary/aromatic N) is 2. The molecule has 0 saturated carbocycles. The van der Waals surface area contributed by atoms with Gasteiger partial charge >= 0.3 is 12.1 Å². The van der Waals surface area contributed by atoms with Crippen LogP contribution in [0.25, 0.3) is 0 Å². The first kappa shape index (κ1) is 21.6. The molecule has 1 saturated heterocycles. The number of hydrogen-bond donors (Lipinski definition) is 0. The highest BCUT2D eigenvalue weighted by Gasteiger charge is 2.43. The molecule has 1 aliphatic rings. The van der Waals surface area contributed by atoms with E-state index in [2.05, 4.69) is 4.40 Å². The first-order valence-corrected chi connectivity index (χ1v) is 9.67. The van der Waals surface area contributed by atoms with Gasteiger partial charge in [-0.1, -0.05) is 0 Å². The van der Waals surface area contributed by atoms with Crippen LogP contribution < -0.4 is 0 Å². The molecule has 25 heavy (non-hydrogen) atoms. The maximum Gasteiger partial charge on any atom is 0.410 e. The summed E-state index contributed by atoms with van der Waals surface area (Å²) in [7, 11) is 0.0524. The van der Waals surface area contributed by atoms with Crippen LogP contribution in [0.2, 0.25) is 0 Å². The summed E-state index contributed by atoms with van der Waals surface area (Å²) in [4.78, 5) is 26.1. The van der Waals surface area contributed by atoms with Gasteiger partial charge in [0.15, 0.2) is 0 Å². The lowest BCUT2D eigenvalue weighted by Gasteiger charge is -2.39. The lowest BCUT2D eigenvalue weighted by atomic mass is 9.76. The van der Waals surface area contributed by atoms with Crippen molar-refractivity contribution in [2.45, 2.75) is 64.7 Å². The molecular weight excluding hydrogens is 344 g/mol. The summed E-state index contributed by atoms with van der Waals surface area (Å²) in [5.41, 5.74) is -1.29. The van der Waals surface area contributed by atoms with Crippen LogP contribution in [0.1, 0.15) is 53.9 Å². The van der Waals surface area contributed by atoms with E-state index in [0.29, 0.717) is 32.4 Å². The Morgan fingerprint density at radius 3 is 2.28 bits per heavy atom. The maximum atomic E-state index is 12.3. The normalized spacial score (nSPS) is 19.1. The highest BCUT2D eigenvalue weighted by Crippen LogP contribution is 2.36. The van der Waals surface area contributed by atoms with Gasteiger partial charge in [-0.2, -0.15) is 4.40 Å². The molecule has 0 spiro atoms. The second-order valence-electron chi connectivity index (χ2n) is 7.56. The first-order valence-electron chi connectivity index (χ1n) is 8.50. The summed E-state index contributed by atoms with van der Waals surface area (Å²) >= 11 is 0. The zero-order valence-corrected chi connectivity index (χ0v) is 16.9. The molecule has 1 heterocycles. The average molecular weight is 375 g/mol. The Labute approximate surface area is 152 Å². The van der Waals surface area contributed by atoms with E-state index < -0.39 is 22.0 Å². The second-order valence-corrected chi connectivity index (χ2v) is 9.26. The minimum atomic E-state index is -1.30. The molecule has 0 radical (unpaired) electrons. The van der Waals surface area contributed by atoms with Gasteiger partial charge in [0.1, 0.15) is 16.6 Å². The van der Waals surface area contributed by atoms with Crippen LogP contribution in [-0.4, -0.2) is 58.4 Å².